The second-order valence-corrected chi connectivity index (χ2v) is 8.57. The molecule has 3 aromatic rings. The van der Waals surface area contributed by atoms with E-state index < -0.39 is 17.5 Å². The molecule has 0 unspecified atom stereocenters. The summed E-state index contributed by atoms with van der Waals surface area (Å²) in [5.74, 6) is -2.13. The second-order valence-electron chi connectivity index (χ2n) is 6.64. The third-order valence-corrected chi connectivity index (χ3v) is 6.25. The third-order valence-electron chi connectivity index (χ3n) is 4.72. The van der Waals surface area contributed by atoms with Gasteiger partial charge in [0, 0.05) is 36.7 Å². The van der Waals surface area contributed by atoms with Crippen molar-refractivity contribution in [1.29, 1.82) is 0 Å². The Bertz CT molecular complexity index is 1040. The number of ether oxygens (including phenoxy) is 1. The zero-order valence-electron chi connectivity index (χ0n) is 15.4. The first-order chi connectivity index (χ1) is 14.0. The molecule has 5 nitrogen and oxygen atoms in total. The summed E-state index contributed by atoms with van der Waals surface area (Å²) in [6, 6.07) is 8.67. The minimum absolute atomic E-state index is 0.172. The number of anilines is 1. The van der Waals surface area contributed by atoms with Crippen LogP contribution in [0.3, 0.4) is 0 Å². The molecule has 9 heteroatoms. The molecule has 152 valence electrons. The SMILES string of the molecule is O=C(c1ccc(F)cc1F)N(CCN1CCOCC1)c1nc2ccc(Br)cc2s1. The van der Waals surface area contributed by atoms with Gasteiger partial charge < -0.3 is 4.74 Å². The van der Waals surface area contributed by atoms with Gasteiger partial charge in [0.1, 0.15) is 11.6 Å². The summed E-state index contributed by atoms with van der Waals surface area (Å²) in [5.41, 5.74) is 0.589. The topological polar surface area (TPSA) is 45.7 Å². The number of benzene rings is 2. The highest BCUT2D eigenvalue weighted by Crippen LogP contribution is 2.32. The van der Waals surface area contributed by atoms with E-state index in [1.54, 1.807) is 0 Å². The minimum atomic E-state index is -0.879. The smallest absolute Gasteiger partial charge is 0.263 e. The highest BCUT2D eigenvalue weighted by Gasteiger charge is 2.25. The van der Waals surface area contributed by atoms with Gasteiger partial charge in [-0.3, -0.25) is 14.6 Å². The zero-order chi connectivity index (χ0) is 20.4. The van der Waals surface area contributed by atoms with E-state index in [1.807, 2.05) is 18.2 Å². The standard InChI is InChI=1S/C20H18BrF2N3O2S/c21-13-1-4-17-18(11-13)29-20(24-17)26(6-5-25-7-9-28-10-8-25)19(27)15-3-2-14(22)12-16(15)23/h1-4,11-12H,5-10H2. The molecule has 1 fully saturated rings. The predicted molar refractivity (Wildman–Crippen MR) is 113 cm³/mol. The van der Waals surface area contributed by atoms with Gasteiger partial charge in [-0.1, -0.05) is 27.3 Å². The van der Waals surface area contributed by atoms with Crippen molar-refractivity contribution in [3.8, 4) is 0 Å². The molecule has 4 rings (SSSR count). The van der Waals surface area contributed by atoms with Crippen LogP contribution in [-0.4, -0.2) is 55.2 Å². The molecule has 1 saturated heterocycles. The number of amides is 1. The van der Waals surface area contributed by atoms with Gasteiger partial charge in [-0.05, 0) is 30.3 Å². The summed E-state index contributed by atoms with van der Waals surface area (Å²) in [7, 11) is 0. The number of halogens is 3. The molecule has 0 aliphatic carbocycles. The highest BCUT2D eigenvalue weighted by atomic mass is 79.9. The van der Waals surface area contributed by atoms with Crippen molar-refractivity contribution in [2.24, 2.45) is 0 Å². The summed E-state index contributed by atoms with van der Waals surface area (Å²) in [5, 5.41) is 0.486. The van der Waals surface area contributed by atoms with E-state index in [1.165, 1.54) is 22.3 Å². The van der Waals surface area contributed by atoms with Crippen LogP contribution in [0.4, 0.5) is 13.9 Å². The molecular formula is C20H18BrF2N3O2S. The average Bonchev–Trinajstić information content (AvgIpc) is 3.11. The van der Waals surface area contributed by atoms with E-state index in [9.17, 15) is 13.6 Å². The molecule has 0 atom stereocenters. The van der Waals surface area contributed by atoms with E-state index in [0.29, 0.717) is 31.4 Å². The lowest BCUT2D eigenvalue weighted by atomic mass is 10.2. The van der Waals surface area contributed by atoms with E-state index >= 15 is 0 Å². The maximum absolute atomic E-state index is 14.3. The normalized spacial score (nSPS) is 15.0. The largest absolute Gasteiger partial charge is 0.379 e. The molecule has 0 bridgehead atoms. The van der Waals surface area contributed by atoms with Crippen molar-refractivity contribution in [1.82, 2.24) is 9.88 Å². The molecule has 1 aliphatic rings. The number of nitrogens with zero attached hydrogens (tertiary/aromatic N) is 3. The van der Waals surface area contributed by atoms with Gasteiger partial charge in [-0.15, -0.1) is 0 Å². The number of aromatic nitrogens is 1. The van der Waals surface area contributed by atoms with Crippen LogP contribution in [-0.2, 0) is 4.74 Å². The fraction of sp³-hybridized carbons (Fsp3) is 0.300. The fourth-order valence-electron chi connectivity index (χ4n) is 3.16. The van der Waals surface area contributed by atoms with Crippen LogP contribution in [0.15, 0.2) is 40.9 Å². The number of fused-ring (bicyclic) bond motifs is 1. The van der Waals surface area contributed by atoms with Gasteiger partial charge in [-0.25, -0.2) is 13.8 Å². The molecule has 1 aliphatic heterocycles. The molecule has 29 heavy (non-hydrogen) atoms. The molecule has 0 saturated carbocycles. The Balaban J connectivity index is 1.66. The number of hydrogen-bond acceptors (Lipinski definition) is 5. The van der Waals surface area contributed by atoms with Crippen molar-refractivity contribution >= 4 is 48.5 Å². The highest BCUT2D eigenvalue weighted by molar-refractivity contribution is 9.10. The van der Waals surface area contributed by atoms with Gasteiger partial charge in [-0.2, -0.15) is 0 Å². The third kappa shape index (κ3) is 4.63. The van der Waals surface area contributed by atoms with Crippen molar-refractivity contribution in [2.45, 2.75) is 0 Å². The van der Waals surface area contributed by atoms with Crippen LogP contribution in [0.25, 0.3) is 10.2 Å². The Morgan fingerprint density at radius 1 is 1.21 bits per heavy atom. The number of rotatable bonds is 5. The Kier molecular flexibility index (Phi) is 6.19. The number of hydrogen-bond donors (Lipinski definition) is 0. The molecule has 1 amide bonds. The van der Waals surface area contributed by atoms with Crippen LogP contribution in [0.5, 0.6) is 0 Å². The summed E-state index contributed by atoms with van der Waals surface area (Å²) >= 11 is 4.80. The lowest BCUT2D eigenvalue weighted by Crippen LogP contribution is -2.43. The maximum atomic E-state index is 14.3. The number of thiazole rings is 1. The van der Waals surface area contributed by atoms with Gasteiger partial charge in [0.15, 0.2) is 5.13 Å². The van der Waals surface area contributed by atoms with E-state index in [2.05, 4.69) is 25.8 Å². The number of morpholine rings is 1. The van der Waals surface area contributed by atoms with E-state index in [4.69, 9.17) is 4.74 Å². The average molecular weight is 482 g/mol. The molecule has 0 spiro atoms. The lowest BCUT2D eigenvalue weighted by molar-refractivity contribution is 0.0391. The molecule has 0 radical (unpaired) electrons. The Hall–Kier alpha value is -1.94. The van der Waals surface area contributed by atoms with Crippen molar-refractivity contribution in [3.05, 3.63) is 58.1 Å². The predicted octanol–water partition coefficient (Wildman–Crippen LogP) is 4.32. The molecule has 0 N–H and O–H groups in total. The first-order valence-corrected chi connectivity index (χ1v) is 10.8. The fourth-order valence-corrected chi connectivity index (χ4v) is 4.70. The van der Waals surface area contributed by atoms with Crippen LogP contribution in [0.2, 0.25) is 0 Å². The monoisotopic (exact) mass is 481 g/mol. The number of carbonyl (C=O) groups excluding carboxylic acids is 1. The molecule has 2 heterocycles. The summed E-state index contributed by atoms with van der Waals surface area (Å²) in [4.78, 5) is 21.4. The first kappa shape index (κ1) is 20.3. The van der Waals surface area contributed by atoms with Crippen molar-refractivity contribution < 1.29 is 18.3 Å². The summed E-state index contributed by atoms with van der Waals surface area (Å²) < 4.78 is 34.8. The van der Waals surface area contributed by atoms with Crippen LogP contribution < -0.4 is 4.90 Å². The van der Waals surface area contributed by atoms with Gasteiger partial charge in [0.25, 0.3) is 5.91 Å². The van der Waals surface area contributed by atoms with Crippen LogP contribution in [0, 0.1) is 11.6 Å². The Morgan fingerprint density at radius 2 is 2.00 bits per heavy atom. The maximum Gasteiger partial charge on any atom is 0.263 e. The van der Waals surface area contributed by atoms with Gasteiger partial charge >= 0.3 is 0 Å². The van der Waals surface area contributed by atoms with Gasteiger partial charge in [0.05, 0.1) is 29.0 Å². The summed E-state index contributed by atoms with van der Waals surface area (Å²) in [6.45, 7) is 3.80. The van der Waals surface area contributed by atoms with Gasteiger partial charge in [0.2, 0.25) is 0 Å². The zero-order valence-corrected chi connectivity index (χ0v) is 17.8. The second kappa shape index (κ2) is 8.83. The van der Waals surface area contributed by atoms with E-state index in [-0.39, 0.29) is 5.56 Å². The molecule has 1 aromatic heterocycles. The Labute approximate surface area is 179 Å². The lowest BCUT2D eigenvalue weighted by Gasteiger charge is -2.29. The summed E-state index contributed by atoms with van der Waals surface area (Å²) in [6.07, 6.45) is 0. The Morgan fingerprint density at radius 3 is 2.76 bits per heavy atom. The molecule has 2 aromatic carbocycles. The minimum Gasteiger partial charge on any atom is -0.379 e. The van der Waals surface area contributed by atoms with Crippen molar-refractivity contribution in [2.75, 3.05) is 44.3 Å². The number of carbonyl (C=O) groups is 1. The quantitative estimate of drug-likeness (QED) is 0.544. The van der Waals surface area contributed by atoms with Crippen LogP contribution in [0.1, 0.15) is 10.4 Å². The van der Waals surface area contributed by atoms with Crippen molar-refractivity contribution in [3.63, 3.8) is 0 Å². The van der Waals surface area contributed by atoms with Crippen LogP contribution >= 0.6 is 27.3 Å². The first-order valence-electron chi connectivity index (χ1n) is 9.14. The van der Waals surface area contributed by atoms with E-state index in [0.717, 1.165) is 39.9 Å². The molecular weight excluding hydrogens is 464 g/mol.